The van der Waals surface area contributed by atoms with Crippen molar-refractivity contribution in [2.45, 2.75) is 47.1 Å². The summed E-state index contributed by atoms with van der Waals surface area (Å²) < 4.78 is 6.64. The van der Waals surface area contributed by atoms with Gasteiger partial charge < -0.3 is 10.5 Å². The minimum Gasteiger partial charge on any atom is -0.496 e. The quantitative estimate of drug-likeness (QED) is 0.891. The van der Waals surface area contributed by atoms with Crippen molar-refractivity contribution in [3.05, 3.63) is 27.2 Å². The maximum Gasteiger partial charge on any atom is 0.126 e. The number of nitrogens with two attached hydrogens (primary N) is 1. The largest absolute Gasteiger partial charge is 0.496 e. The molecule has 1 unspecified atom stereocenters. The molecule has 18 heavy (non-hydrogen) atoms. The van der Waals surface area contributed by atoms with Gasteiger partial charge in [0.2, 0.25) is 0 Å². The highest BCUT2D eigenvalue weighted by molar-refractivity contribution is 9.10. The van der Waals surface area contributed by atoms with Gasteiger partial charge in [-0.25, -0.2) is 0 Å². The zero-order valence-electron chi connectivity index (χ0n) is 12.2. The lowest BCUT2D eigenvalue weighted by molar-refractivity contribution is 0.333. The van der Waals surface area contributed by atoms with Gasteiger partial charge in [-0.05, 0) is 42.9 Å². The summed E-state index contributed by atoms with van der Waals surface area (Å²) in [5.74, 6) is 0.924. The first-order chi connectivity index (χ1) is 8.17. The van der Waals surface area contributed by atoms with Crippen LogP contribution < -0.4 is 10.5 Å². The van der Waals surface area contributed by atoms with Gasteiger partial charge in [0.05, 0.1) is 7.11 Å². The summed E-state index contributed by atoms with van der Waals surface area (Å²) in [5.41, 5.74) is 10.0. The molecule has 3 heteroatoms. The van der Waals surface area contributed by atoms with E-state index in [9.17, 15) is 0 Å². The van der Waals surface area contributed by atoms with E-state index in [1.807, 2.05) is 0 Å². The van der Waals surface area contributed by atoms with Crippen molar-refractivity contribution in [3.63, 3.8) is 0 Å². The molecule has 1 aromatic rings. The van der Waals surface area contributed by atoms with Crippen molar-refractivity contribution >= 4 is 15.9 Å². The van der Waals surface area contributed by atoms with Crippen molar-refractivity contribution in [1.82, 2.24) is 0 Å². The van der Waals surface area contributed by atoms with E-state index >= 15 is 0 Å². The maximum absolute atomic E-state index is 6.40. The molecule has 1 aromatic carbocycles. The first-order valence-electron chi connectivity index (χ1n) is 6.26. The number of rotatable bonds is 3. The Hall–Kier alpha value is -0.540. The molecule has 2 nitrogen and oxygen atoms in total. The van der Waals surface area contributed by atoms with Gasteiger partial charge in [0.25, 0.3) is 0 Å². The lowest BCUT2D eigenvalue weighted by atomic mass is 9.84. The summed E-state index contributed by atoms with van der Waals surface area (Å²) in [7, 11) is 1.71. The summed E-state index contributed by atoms with van der Waals surface area (Å²) >= 11 is 3.60. The highest BCUT2D eigenvalue weighted by Gasteiger charge is 2.23. The average Bonchev–Trinajstić information content (AvgIpc) is 2.20. The van der Waals surface area contributed by atoms with Crippen LogP contribution in [0.3, 0.4) is 0 Å². The van der Waals surface area contributed by atoms with Crippen LogP contribution in [0, 0.1) is 19.3 Å². The van der Waals surface area contributed by atoms with Crippen molar-refractivity contribution in [3.8, 4) is 5.75 Å². The van der Waals surface area contributed by atoms with Crippen LogP contribution in [0.5, 0.6) is 5.75 Å². The molecular weight excluding hydrogens is 290 g/mol. The normalized spacial score (nSPS) is 13.6. The van der Waals surface area contributed by atoms with Gasteiger partial charge in [0.15, 0.2) is 0 Å². The Morgan fingerprint density at radius 1 is 1.33 bits per heavy atom. The Balaban J connectivity index is 3.29. The summed E-state index contributed by atoms with van der Waals surface area (Å²) in [6.45, 7) is 10.8. The van der Waals surface area contributed by atoms with Crippen LogP contribution >= 0.6 is 15.9 Å². The average molecular weight is 314 g/mol. The van der Waals surface area contributed by atoms with E-state index in [0.29, 0.717) is 0 Å². The number of benzene rings is 1. The van der Waals surface area contributed by atoms with E-state index in [-0.39, 0.29) is 11.5 Å². The van der Waals surface area contributed by atoms with Gasteiger partial charge in [0, 0.05) is 16.1 Å². The maximum atomic E-state index is 6.40. The fourth-order valence-electron chi connectivity index (χ4n) is 2.35. The highest BCUT2D eigenvalue weighted by atomic mass is 79.9. The number of halogens is 1. The van der Waals surface area contributed by atoms with Gasteiger partial charge in [-0.2, -0.15) is 0 Å². The van der Waals surface area contributed by atoms with Crippen LogP contribution in [-0.2, 0) is 0 Å². The van der Waals surface area contributed by atoms with Crippen molar-refractivity contribution in [2.24, 2.45) is 11.1 Å². The van der Waals surface area contributed by atoms with Crippen LogP contribution in [-0.4, -0.2) is 7.11 Å². The predicted octanol–water partition coefficient (Wildman–Crippen LogP) is 4.51. The number of methoxy groups -OCH3 is 1. The molecule has 1 rings (SSSR count). The Morgan fingerprint density at radius 2 is 1.89 bits per heavy atom. The van der Waals surface area contributed by atoms with Crippen LogP contribution in [0.4, 0.5) is 0 Å². The molecule has 0 fully saturated rings. The van der Waals surface area contributed by atoms with Gasteiger partial charge in [-0.1, -0.05) is 36.7 Å². The van der Waals surface area contributed by atoms with E-state index in [1.54, 1.807) is 7.11 Å². The van der Waals surface area contributed by atoms with Crippen LogP contribution in [0.15, 0.2) is 10.5 Å². The van der Waals surface area contributed by atoms with Gasteiger partial charge in [0.1, 0.15) is 5.75 Å². The molecule has 0 aromatic heterocycles. The molecule has 0 aliphatic heterocycles. The van der Waals surface area contributed by atoms with E-state index in [1.165, 1.54) is 5.56 Å². The Bertz CT molecular complexity index is 435. The summed E-state index contributed by atoms with van der Waals surface area (Å²) in [5, 5.41) is 0. The third kappa shape index (κ3) is 3.48. The second kappa shape index (κ2) is 5.62. The monoisotopic (exact) mass is 313 g/mol. The summed E-state index contributed by atoms with van der Waals surface area (Å²) in [6.07, 6.45) is 0.931. The Kier molecular flexibility index (Phi) is 4.84. The van der Waals surface area contributed by atoms with Crippen LogP contribution in [0.25, 0.3) is 0 Å². The third-order valence-corrected chi connectivity index (χ3v) is 3.94. The van der Waals surface area contributed by atoms with Gasteiger partial charge >= 0.3 is 0 Å². The lowest BCUT2D eigenvalue weighted by Crippen LogP contribution is -2.20. The molecule has 2 N–H and O–H groups in total. The number of ether oxygens (including phenoxy) is 1. The Morgan fingerprint density at radius 3 is 2.33 bits per heavy atom. The molecule has 0 heterocycles. The molecule has 0 aliphatic carbocycles. The van der Waals surface area contributed by atoms with Crippen LogP contribution in [0.1, 0.15) is 49.9 Å². The third-order valence-electron chi connectivity index (χ3n) is 3.12. The highest BCUT2D eigenvalue weighted by Crippen LogP contribution is 2.39. The topological polar surface area (TPSA) is 35.2 Å². The number of hydrogen-bond donors (Lipinski definition) is 1. The zero-order valence-corrected chi connectivity index (χ0v) is 13.8. The van der Waals surface area contributed by atoms with Crippen molar-refractivity contribution in [1.29, 1.82) is 0 Å². The molecule has 0 bridgehead atoms. The predicted molar refractivity (Wildman–Crippen MR) is 81.2 cm³/mol. The lowest BCUT2D eigenvalue weighted by Gasteiger charge is -2.27. The van der Waals surface area contributed by atoms with Gasteiger partial charge in [-0.3, -0.25) is 0 Å². The van der Waals surface area contributed by atoms with E-state index in [0.717, 1.165) is 27.8 Å². The van der Waals surface area contributed by atoms with Crippen LogP contribution in [0.2, 0.25) is 0 Å². The van der Waals surface area contributed by atoms with E-state index in [2.05, 4.69) is 56.6 Å². The molecule has 0 aliphatic rings. The summed E-state index contributed by atoms with van der Waals surface area (Å²) in [6, 6.07) is 2.08. The first-order valence-corrected chi connectivity index (χ1v) is 7.06. The molecular formula is C15H24BrNO. The molecule has 0 saturated carbocycles. The fraction of sp³-hybridized carbons (Fsp3) is 0.600. The Labute approximate surface area is 119 Å². The SMILES string of the molecule is COc1c(C)cc(Br)c(C)c1C(N)CC(C)(C)C. The zero-order chi connectivity index (χ0) is 14.1. The molecule has 0 radical (unpaired) electrons. The van der Waals surface area contributed by atoms with E-state index < -0.39 is 0 Å². The standard InChI is InChI=1S/C15H24BrNO/c1-9-7-11(16)10(2)13(14(9)18-6)12(17)8-15(3,4)5/h7,12H,8,17H2,1-6H3. The number of hydrogen-bond acceptors (Lipinski definition) is 2. The minimum absolute atomic E-state index is 0.00356. The molecule has 102 valence electrons. The summed E-state index contributed by atoms with van der Waals surface area (Å²) in [4.78, 5) is 0. The fourth-order valence-corrected chi connectivity index (χ4v) is 2.91. The van der Waals surface area contributed by atoms with Gasteiger partial charge in [-0.15, -0.1) is 0 Å². The minimum atomic E-state index is -0.00356. The second-order valence-corrected chi connectivity index (χ2v) is 6.97. The van der Waals surface area contributed by atoms with Crippen molar-refractivity contribution < 1.29 is 4.74 Å². The van der Waals surface area contributed by atoms with Crippen molar-refractivity contribution in [2.75, 3.05) is 7.11 Å². The molecule has 0 spiro atoms. The molecule has 0 amide bonds. The smallest absolute Gasteiger partial charge is 0.126 e. The second-order valence-electron chi connectivity index (χ2n) is 6.12. The number of aryl methyl sites for hydroxylation is 1. The molecule has 0 saturated heterocycles. The van der Waals surface area contributed by atoms with E-state index in [4.69, 9.17) is 10.5 Å². The molecule has 1 atom stereocenters. The first kappa shape index (κ1) is 15.5.